The Kier molecular flexibility index (Phi) is 13.2. The molecule has 3 amide bonds. The molecule has 262 valence electrons. The molecule has 0 aromatic heterocycles. The summed E-state index contributed by atoms with van der Waals surface area (Å²) in [6.07, 6.45) is 0.829. The van der Waals surface area contributed by atoms with E-state index in [4.69, 9.17) is 9.47 Å². The molecule has 3 atom stereocenters. The number of phenolic OH excluding ortho intramolecular Hbond substituents is 1. The Balaban J connectivity index is 2.12. The Morgan fingerprint density at radius 1 is 0.776 bits per heavy atom. The summed E-state index contributed by atoms with van der Waals surface area (Å²) < 4.78 is 11.2. The Bertz CT molecular complexity index is 1590. The predicted molar refractivity (Wildman–Crippen MR) is 189 cm³/mol. The van der Waals surface area contributed by atoms with Gasteiger partial charge in [-0.05, 0) is 65.2 Å². The fraction of sp³-hybridized carbons (Fsp3) is 0.385. The van der Waals surface area contributed by atoms with Gasteiger partial charge in [-0.1, -0.05) is 84.9 Å². The number of para-hydroxylation sites is 1. The number of carbonyl (C=O) groups excluding carboxylic acids is 4. The van der Waals surface area contributed by atoms with Gasteiger partial charge >= 0.3 is 12.1 Å². The minimum absolute atomic E-state index is 0.0786. The molecule has 0 fully saturated rings. The number of esters is 1. The van der Waals surface area contributed by atoms with E-state index in [-0.39, 0.29) is 30.7 Å². The van der Waals surface area contributed by atoms with Crippen molar-refractivity contribution >= 4 is 23.9 Å². The van der Waals surface area contributed by atoms with Crippen LogP contribution < -0.4 is 10.6 Å². The molecule has 3 N–H and O–H groups in total. The molecule has 3 aromatic rings. The van der Waals surface area contributed by atoms with E-state index >= 15 is 0 Å². The molecule has 0 aliphatic heterocycles. The molecule has 10 heteroatoms. The van der Waals surface area contributed by atoms with Gasteiger partial charge in [0.2, 0.25) is 11.8 Å². The van der Waals surface area contributed by atoms with Crippen molar-refractivity contribution in [2.24, 2.45) is 0 Å². The van der Waals surface area contributed by atoms with E-state index in [2.05, 4.69) is 17.2 Å². The molecule has 0 spiro atoms. The topological polar surface area (TPSA) is 134 Å². The Morgan fingerprint density at radius 3 is 1.82 bits per heavy atom. The number of aromatic hydroxyl groups is 1. The quantitative estimate of drug-likeness (QED) is 0.151. The van der Waals surface area contributed by atoms with Crippen LogP contribution in [0, 0.1) is 6.92 Å². The van der Waals surface area contributed by atoms with Gasteiger partial charge in [0.15, 0.2) is 0 Å². The molecular formula is C39H49N3O7. The lowest BCUT2D eigenvalue weighted by Gasteiger charge is -2.35. The highest BCUT2D eigenvalue weighted by molar-refractivity contribution is 5.94. The maximum absolute atomic E-state index is 14.6. The normalized spacial score (nSPS) is 13.3. The van der Waals surface area contributed by atoms with Crippen LogP contribution in [0.3, 0.4) is 0 Å². The summed E-state index contributed by atoms with van der Waals surface area (Å²) in [6.45, 7) is 15.7. The Morgan fingerprint density at radius 2 is 1.31 bits per heavy atom. The number of nitrogens with zero attached hydrogens (tertiary/aromatic N) is 1. The van der Waals surface area contributed by atoms with Crippen LogP contribution in [0.25, 0.3) is 0 Å². The predicted octanol–water partition coefficient (Wildman–Crippen LogP) is 5.96. The Hall–Kier alpha value is -5.12. The SMILES string of the molecule is C=CCN(C(=O)C(Cc1ccccc1)NC(=O)OC(C)(C)C)C(C(=O)NC(Cc1ccccc1)C(=O)OC(C)(C)C)c1cccc(C)c1O. The van der Waals surface area contributed by atoms with E-state index in [1.807, 2.05) is 60.7 Å². The van der Waals surface area contributed by atoms with E-state index in [0.717, 1.165) is 11.1 Å². The average molecular weight is 672 g/mol. The van der Waals surface area contributed by atoms with Crippen LogP contribution in [-0.2, 0) is 36.7 Å². The van der Waals surface area contributed by atoms with Gasteiger partial charge in [0.1, 0.15) is 35.1 Å². The molecule has 0 aliphatic carbocycles. The van der Waals surface area contributed by atoms with Crippen LogP contribution in [-0.4, -0.2) is 63.7 Å². The Labute approximate surface area is 289 Å². The van der Waals surface area contributed by atoms with Gasteiger partial charge in [0, 0.05) is 24.9 Å². The number of rotatable bonds is 13. The number of amides is 3. The highest BCUT2D eigenvalue weighted by Gasteiger charge is 2.39. The van der Waals surface area contributed by atoms with E-state index < -0.39 is 53.2 Å². The first kappa shape index (κ1) is 38.3. The number of aryl methyl sites for hydroxylation is 1. The van der Waals surface area contributed by atoms with Gasteiger partial charge < -0.3 is 30.1 Å². The monoisotopic (exact) mass is 671 g/mol. The third kappa shape index (κ3) is 11.8. The largest absolute Gasteiger partial charge is 0.507 e. The first-order chi connectivity index (χ1) is 23.0. The van der Waals surface area contributed by atoms with Gasteiger partial charge in [-0.25, -0.2) is 9.59 Å². The summed E-state index contributed by atoms with van der Waals surface area (Å²) in [6, 6.07) is 19.4. The fourth-order valence-corrected chi connectivity index (χ4v) is 5.18. The molecule has 0 saturated carbocycles. The zero-order chi connectivity index (χ0) is 36.4. The number of carbonyl (C=O) groups is 4. The van der Waals surface area contributed by atoms with Crippen molar-refractivity contribution in [3.8, 4) is 5.75 Å². The van der Waals surface area contributed by atoms with Crippen molar-refractivity contribution in [3.63, 3.8) is 0 Å². The molecule has 0 aliphatic rings. The molecule has 0 saturated heterocycles. The van der Waals surface area contributed by atoms with Crippen molar-refractivity contribution in [2.45, 2.75) is 90.6 Å². The van der Waals surface area contributed by atoms with Crippen LogP contribution >= 0.6 is 0 Å². The van der Waals surface area contributed by atoms with Crippen molar-refractivity contribution in [1.82, 2.24) is 15.5 Å². The van der Waals surface area contributed by atoms with E-state index in [1.165, 1.54) is 11.0 Å². The van der Waals surface area contributed by atoms with E-state index in [1.54, 1.807) is 66.7 Å². The summed E-state index contributed by atoms with van der Waals surface area (Å²) >= 11 is 0. The van der Waals surface area contributed by atoms with Crippen LogP contribution in [0.5, 0.6) is 5.75 Å². The number of phenols is 1. The first-order valence-corrected chi connectivity index (χ1v) is 16.3. The summed E-state index contributed by atoms with van der Waals surface area (Å²) in [5.74, 6) is -2.22. The second-order valence-electron chi connectivity index (χ2n) is 13.9. The van der Waals surface area contributed by atoms with Crippen molar-refractivity contribution in [2.75, 3.05) is 6.54 Å². The molecule has 0 heterocycles. The zero-order valence-corrected chi connectivity index (χ0v) is 29.5. The maximum Gasteiger partial charge on any atom is 0.408 e. The second-order valence-corrected chi connectivity index (χ2v) is 13.9. The molecular weight excluding hydrogens is 622 g/mol. The molecule has 10 nitrogen and oxygen atoms in total. The van der Waals surface area contributed by atoms with Crippen LogP contribution in [0.2, 0.25) is 0 Å². The minimum Gasteiger partial charge on any atom is -0.507 e. The minimum atomic E-state index is -1.44. The summed E-state index contributed by atoms with van der Waals surface area (Å²) in [5, 5.41) is 16.8. The van der Waals surface area contributed by atoms with E-state index in [0.29, 0.717) is 5.56 Å². The molecule has 3 rings (SSSR count). The van der Waals surface area contributed by atoms with Crippen molar-refractivity contribution in [3.05, 3.63) is 114 Å². The molecule has 0 bridgehead atoms. The number of hydrogen-bond donors (Lipinski definition) is 3. The van der Waals surface area contributed by atoms with Gasteiger partial charge in [-0.15, -0.1) is 6.58 Å². The number of ether oxygens (including phenoxy) is 2. The number of hydrogen-bond acceptors (Lipinski definition) is 7. The maximum atomic E-state index is 14.6. The number of nitrogens with one attached hydrogen (secondary N) is 2. The number of alkyl carbamates (subject to hydrolysis) is 1. The van der Waals surface area contributed by atoms with Gasteiger partial charge in [-0.3, -0.25) is 9.59 Å². The van der Waals surface area contributed by atoms with E-state index in [9.17, 15) is 24.3 Å². The lowest BCUT2D eigenvalue weighted by atomic mass is 9.97. The third-order valence-corrected chi connectivity index (χ3v) is 7.29. The second kappa shape index (κ2) is 16.8. The molecule has 0 radical (unpaired) electrons. The highest BCUT2D eigenvalue weighted by Crippen LogP contribution is 2.33. The lowest BCUT2D eigenvalue weighted by molar-refractivity contribution is -0.159. The van der Waals surface area contributed by atoms with Crippen LogP contribution in [0.15, 0.2) is 91.5 Å². The van der Waals surface area contributed by atoms with Gasteiger partial charge in [0.25, 0.3) is 0 Å². The van der Waals surface area contributed by atoms with Crippen LogP contribution in [0.4, 0.5) is 4.79 Å². The molecule has 3 unspecified atom stereocenters. The van der Waals surface area contributed by atoms with Crippen molar-refractivity contribution in [1.29, 1.82) is 0 Å². The smallest absolute Gasteiger partial charge is 0.408 e. The average Bonchev–Trinajstić information content (AvgIpc) is 3.01. The summed E-state index contributed by atoms with van der Waals surface area (Å²) in [7, 11) is 0. The van der Waals surface area contributed by atoms with Gasteiger partial charge in [-0.2, -0.15) is 0 Å². The third-order valence-electron chi connectivity index (χ3n) is 7.29. The van der Waals surface area contributed by atoms with Gasteiger partial charge in [0.05, 0.1) is 0 Å². The zero-order valence-electron chi connectivity index (χ0n) is 29.5. The molecule has 49 heavy (non-hydrogen) atoms. The number of benzene rings is 3. The summed E-state index contributed by atoms with van der Waals surface area (Å²) in [5.41, 5.74) is 0.456. The highest BCUT2D eigenvalue weighted by atomic mass is 16.6. The summed E-state index contributed by atoms with van der Waals surface area (Å²) in [4.78, 5) is 56.9. The first-order valence-electron chi connectivity index (χ1n) is 16.3. The standard InChI is InChI=1S/C39H49N3O7/c1-9-23-42(35(45)30(24-27-18-12-10-13-19-27)41-37(47)49-39(6,7)8)32(29-22-16-17-26(2)33(29)43)34(44)40-31(36(46)48-38(3,4)5)25-28-20-14-11-15-21-28/h9-22,30-32,43H,1,23-25H2,2-8H3,(H,40,44)(H,41,47). The van der Waals surface area contributed by atoms with Crippen LogP contribution in [0.1, 0.15) is 69.8 Å². The van der Waals surface area contributed by atoms with Crippen molar-refractivity contribution < 1.29 is 33.8 Å². The molecule has 3 aromatic carbocycles. The fourth-order valence-electron chi connectivity index (χ4n) is 5.18. The lowest BCUT2D eigenvalue weighted by Crippen LogP contribution is -2.55.